The summed E-state index contributed by atoms with van der Waals surface area (Å²) in [4.78, 5) is 0.136. The normalized spacial score (nSPS) is 13.7. The molecule has 1 aromatic carbocycles. The lowest BCUT2D eigenvalue weighted by atomic mass is 10.3. The molecule has 0 spiro atoms. The van der Waals surface area contributed by atoms with Gasteiger partial charge in [0.1, 0.15) is 4.90 Å². The Balaban J connectivity index is 3.21. The first-order valence-corrected chi connectivity index (χ1v) is 8.63. The number of nitrogens with zero attached hydrogens (tertiary/aromatic N) is 1. The molecule has 114 valence electrons. The summed E-state index contributed by atoms with van der Waals surface area (Å²) in [6.07, 6.45) is 0.722. The van der Waals surface area contributed by atoms with E-state index in [1.54, 1.807) is 19.2 Å². The van der Waals surface area contributed by atoms with Crippen molar-refractivity contribution in [2.75, 3.05) is 26.0 Å². The van der Waals surface area contributed by atoms with Crippen LogP contribution in [0.3, 0.4) is 0 Å². The van der Waals surface area contributed by atoms with Crippen LogP contribution in [0.5, 0.6) is 0 Å². The molecular weight excluding hydrogens is 344 g/mol. The van der Waals surface area contributed by atoms with Crippen molar-refractivity contribution in [3.8, 4) is 0 Å². The van der Waals surface area contributed by atoms with E-state index in [1.165, 1.54) is 10.4 Å². The monoisotopic (exact) mass is 364 g/mol. The molecule has 0 aliphatic rings. The number of rotatable bonds is 7. The zero-order valence-corrected chi connectivity index (χ0v) is 14.4. The maximum Gasteiger partial charge on any atom is 0.245 e. The second-order valence-electron chi connectivity index (χ2n) is 4.55. The molecule has 1 rings (SSSR count). The Morgan fingerprint density at radius 1 is 1.45 bits per heavy atom. The van der Waals surface area contributed by atoms with Crippen molar-refractivity contribution in [3.63, 3.8) is 0 Å². The molecule has 0 aliphatic carbocycles. The van der Waals surface area contributed by atoms with E-state index in [-0.39, 0.29) is 16.6 Å². The number of anilines is 1. The molecule has 0 amide bonds. The molecule has 7 heteroatoms. The molecule has 1 aromatic rings. The topological polar surface area (TPSA) is 72.6 Å². The van der Waals surface area contributed by atoms with Gasteiger partial charge < -0.3 is 10.5 Å². The summed E-state index contributed by atoms with van der Waals surface area (Å²) in [6.45, 7) is 4.48. The van der Waals surface area contributed by atoms with Crippen LogP contribution in [0, 0.1) is 0 Å². The zero-order chi connectivity index (χ0) is 15.3. The van der Waals surface area contributed by atoms with Gasteiger partial charge in [0.2, 0.25) is 10.0 Å². The van der Waals surface area contributed by atoms with Gasteiger partial charge in [0.25, 0.3) is 0 Å². The first-order chi connectivity index (χ1) is 9.34. The van der Waals surface area contributed by atoms with Crippen molar-refractivity contribution >= 4 is 31.6 Å². The van der Waals surface area contributed by atoms with E-state index in [0.29, 0.717) is 13.2 Å². The van der Waals surface area contributed by atoms with Gasteiger partial charge in [0.15, 0.2) is 0 Å². The van der Waals surface area contributed by atoms with Gasteiger partial charge in [0.05, 0.1) is 12.3 Å². The van der Waals surface area contributed by atoms with Crippen LogP contribution < -0.4 is 5.73 Å². The second-order valence-corrected chi connectivity index (χ2v) is 7.32. The number of nitrogen functional groups attached to an aromatic ring is 1. The standard InChI is InChI=1S/C13H21BrN2O3S/c1-4-10(2)16(7-8-19-3)20(17,18)13-6-5-11(14)9-12(13)15/h5-6,9-10H,4,7-8,15H2,1-3H3. The number of nitrogens with two attached hydrogens (primary N) is 1. The van der Waals surface area contributed by atoms with E-state index < -0.39 is 10.0 Å². The van der Waals surface area contributed by atoms with Crippen molar-refractivity contribution in [1.29, 1.82) is 0 Å². The van der Waals surface area contributed by atoms with E-state index >= 15 is 0 Å². The van der Waals surface area contributed by atoms with E-state index in [9.17, 15) is 8.42 Å². The van der Waals surface area contributed by atoms with E-state index in [1.807, 2.05) is 13.8 Å². The molecule has 2 N–H and O–H groups in total. The average Bonchev–Trinajstić information content (AvgIpc) is 2.38. The van der Waals surface area contributed by atoms with Gasteiger partial charge in [-0.3, -0.25) is 0 Å². The van der Waals surface area contributed by atoms with Crippen molar-refractivity contribution in [2.45, 2.75) is 31.2 Å². The molecule has 1 atom stereocenters. The predicted octanol–water partition coefficient (Wildman–Crippen LogP) is 2.47. The fraction of sp³-hybridized carbons (Fsp3) is 0.538. The molecule has 0 bridgehead atoms. The zero-order valence-electron chi connectivity index (χ0n) is 12.0. The molecule has 0 radical (unpaired) electrons. The Labute approximate surface area is 129 Å². The lowest BCUT2D eigenvalue weighted by Gasteiger charge is -2.28. The molecule has 0 saturated heterocycles. The van der Waals surface area contributed by atoms with Crippen LogP contribution in [-0.4, -0.2) is 39.0 Å². The van der Waals surface area contributed by atoms with Crippen molar-refractivity contribution in [3.05, 3.63) is 22.7 Å². The summed E-state index contributed by atoms with van der Waals surface area (Å²) in [5.74, 6) is 0. The number of ether oxygens (including phenoxy) is 1. The molecule has 0 fully saturated rings. The number of hydrogen-bond acceptors (Lipinski definition) is 4. The van der Waals surface area contributed by atoms with Gasteiger partial charge in [-0.2, -0.15) is 4.31 Å². The number of hydrogen-bond donors (Lipinski definition) is 1. The second kappa shape index (κ2) is 7.40. The van der Waals surface area contributed by atoms with Crippen LogP contribution in [0.25, 0.3) is 0 Å². The third-order valence-electron chi connectivity index (χ3n) is 3.16. The molecule has 20 heavy (non-hydrogen) atoms. The molecule has 0 aliphatic heterocycles. The summed E-state index contributed by atoms with van der Waals surface area (Å²) in [6, 6.07) is 4.68. The fourth-order valence-electron chi connectivity index (χ4n) is 1.84. The van der Waals surface area contributed by atoms with Crippen LogP contribution in [0.1, 0.15) is 20.3 Å². The molecule has 0 heterocycles. The Morgan fingerprint density at radius 3 is 2.60 bits per heavy atom. The quantitative estimate of drug-likeness (QED) is 0.754. The minimum Gasteiger partial charge on any atom is -0.398 e. The highest BCUT2D eigenvalue weighted by Gasteiger charge is 2.29. The lowest BCUT2D eigenvalue weighted by molar-refractivity contribution is 0.167. The summed E-state index contributed by atoms with van der Waals surface area (Å²) < 4.78 is 32.7. The smallest absolute Gasteiger partial charge is 0.245 e. The van der Waals surface area contributed by atoms with Crippen LogP contribution >= 0.6 is 15.9 Å². The first-order valence-electron chi connectivity index (χ1n) is 6.40. The summed E-state index contributed by atoms with van der Waals surface area (Å²) in [5, 5.41) is 0. The van der Waals surface area contributed by atoms with E-state index in [4.69, 9.17) is 10.5 Å². The molecule has 0 saturated carbocycles. The average molecular weight is 365 g/mol. The third kappa shape index (κ3) is 3.94. The van der Waals surface area contributed by atoms with Gasteiger partial charge in [-0.05, 0) is 31.5 Å². The van der Waals surface area contributed by atoms with Gasteiger partial charge in [-0.1, -0.05) is 22.9 Å². The fourth-order valence-corrected chi connectivity index (χ4v) is 4.01. The van der Waals surface area contributed by atoms with Gasteiger partial charge in [-0.15, -0.1) is 0 Å². The van der Waals surface area contributed by atoms with Crippen molar-refractivity contribution < 1.29 is 13.2 Å². The van der Waals surface area contributed by atoms with Gasteiger partial charge in [-0.25, -0.2) is 8.42 Å². The van der Waals surface area contributed by atoms with Crippen LogP contribution in [0.2, 0.25) is 0 Å². The number of methoxy groups -OCH3 is 1. The predicted molar refractivity (Wildman–Crippen MR) is 84.1 cm³/mol. The molecule has 1 unspecified atom stereocenters. The minimum absolute atomic E-state index is 0.113. The number of benzene rings is 1. The minimum atomic E-state index is -3.62. The maximum absolute atomic E-state index is 12.7. The summed E-state index contributed by atoms with van der Waals surface area (Å²) >= 11 is 3.28. The van der Waals surface area contributed by atoms with Crippen LogP contribution in [-0.2, 0) is 14.8 Å². The largest absolute Gasteiger partial charge is 0.398 e. The number of halogens is 1. The first kappa shape index (κ1) is 17.4. The Kier molecular flexibility index (Phi) is 6.44. The van der Waals surface area contributed by atoms with Crippen LogP contribution in [0.15, 0.2) is 27.6 Å². The highest BCUT2D eigenvalue weighted by Crippen LogP contribution is 2.27. The van der Waals surface area contributed by atoms with Gasteiger partial charge >= 0.3 is 0 Å². The molecular formula is C13H21BrN2O3S. The Morgan fingerprint density at radius 2 is 2.10 bits per heavy atom. The Hall–Kier alpha value is -0.630. The maximum atomic E-state index is 12.7. The van der Waals surface area contributed by atoms with Crippen LogP contribution in [0.4, 0.5) is 5.69 Å². The third-order valence-corrected chi connectivity index (χ3v) is 5.74. The lowest BCUT2D eigenvalue weighted by Crippen LogP contribution is -2.40. The highest BCUT2D eigenvalue weighted by atomic mass is 79.9. The van der Waals surface area contributed by atoms with Crippen molar-refractivity contribution in [1.82, 2.24) is 4.31 Å². The van der Waals surface area contributed by atoms with E-state index in [2.05, 4.69) is 15.9 Å². The highest BCUT2D eigenvalue weighted by molar-refractivity contribution is 9.10. The summed E-state index contributed by atoms with van der Waals surface area (Å²) in [5.41, 5.74) is 6.09. The molecule has 5 nitrogen and oxygen atoms in total. The van der Waals surface area contributed by atoms with Gasteiger partial charge in [0, 0.05) is 24.2 Å². The Bertz CT molecular complexity index is 549. The van der Waals surface area contributed by atoms with E-state index in [0.717, 1.165) is 10.9 Å². The molecule has 0 aromatic heterocycles. The van der Waals surface area contributed by atoms with Crippen molar-refractivity contribution in [2.24, 2.45) is 0 Å². The SMILES string of the molecule is CCC(C)N(CCOC)S(=O)(=O)c1ccc(Br)cc1N. The number of sulfonamides is 1. The summed E-state index contributed by atoms with van der Waals surface area (Å²) in [7, 11) is -2.07.